The van der Waals surface area contributed by atoms with Crippen molar-refractivity contribution in [1.29, 1.82) is 0 Å². The summed E-state index contributed by atoms with van der Waals surface area (Å²) in [6.07, 6.45) is 0. The smallest absolute Gasteiger partial charge is 0.261 e. The van der Waals surface area contributed by atoms with Gasteiger partial charge in [-0.15, -0.1) is 0 Å². The van der Waals surface area contributed by atoms with Crippen molar-refractivity contribution in [1.82, 2.24) is 4.98 Å². The van der Waals surface area contributed by atoms with E-state index >= 15 is 0 Å². The zero-order valence-electron chi connectivity index (χ0n) is 14.6. The minimum Gasteiger partial charge on any atom is -0.497 e. The molecule has 3 aromatic carbocycles. The summed E-state index contributed by atoms with van der Waals surface area (Å²) in [4.78, 5) is 3.54. The highest BCUT2D eigenvalue weighted by Gasteiger charge is 2.15. The molecule has 6 heteroatoms. The number of hydrogen-bond acceptors (Lipinski definition) is 3. The lowest BCUT2D eigenvalue weighted by atomic mass is 10.1. The largest absolute Gasteiger partial charge is 0.497 e. The molecule has 0 aliphatic rings. The third kappa shape index (κ3) is 3.52. The van der Waals surface area contributed by atoms with Crippen LogP contribution in [0.2, 0.25) is 0 Å². The van der Waals surface area contributed by atoms with Gasteiger partial charge in [0.1, 0.15) is 5.75 Å². The number of sulfonamides is 1. The molecular weight excluding hydrogens is 360 g/mol. The number of aromatic amines is 1. The summed E-state index contributed by atoms with van der Waals surface area (Å²) in [6, 6.07) is 23.7. The minimum absolute atomic E-state index is 0.183. The number of aromatic nitrogens is 1. The second kappa shape index (κ2) is 6.81. The summed E-state index contributed by atoms with van der Waals surface area (Å²) in [5, 5.41) is 0.934. The van der Waals surface area contributed by atoms with Crippen molar-refractivity contribution in [3.8, 4) is 17.0 Å². The predicted octanol–water partition coefficient (Wildman–Crippen LogP) is 4.64. The fraction of sp³-hybridized carbons (Fsp3) is 0.0476. The Morgan fingerprint density at radius 2 is 1.63 bits per heavy atom. The Hall–Kier alpha value is -3.25. The topological polar surface area (TPSA) is 71.2 Å². The van der Waals surface area contributed by atoms with Crippen LogP contribution in [0.4, 0.5) is 5.69 Å². The molecule has 1 aromatic heterocycles. The molecule has 0 saturated carbocycles. The molecule has 2 N–H and O–H groups in total. The zero-order chi connectivity index (χ0) is 18.9. The summed E-state index contributed by atoms with van der Waals surface area (Å²) >= 11 is 0. The van der Waals surface area contributed by atoms with Crippen molar-refractivity contribution in [2.24, 2.45) is 0 Å². The molecule has 0 spiro atoms. The first-order valence-electron chi connectivity index (χ1n) is 8.40. The number of ether oxygens (including phenoxy) is 1. The Bertz CT molecular complexity index is 1180. The van der Waals surface area contributed by atoms with E-state index in [1.807, 2.05) is 48.5 Å². The van der Waals surface area contributed by atoms with Crippen LogP contribution in [0, 0.1) is 0 Å². The Labute approximate surface area is 157 Å². The van der Waals surface area contributed by atoms with Crippen molar-refractivity contribution in [3.63, 3.8) is 0 Å². The molecule has 0 saturated heterocycles. The standard InChI is InChI=1S/C21H18N2O3S/c1-26-18-8-10-19(11-9-18)27(24,25)23-17-7-12-20-16(13-17)14-21(22-20)15-5-3-2-4-6-15/h2-14,22-23H,1H3. The van der Waals surface area contributed by atoms with Gasteiger partial charge >= 0.3 is 0 Å². The van der Waals surface area contributed by atoms with Crippen molar-refractivity contribution in [2.45, 2.75) is 4.90 Å². The summed E-state index contributed by atoms with van der Waals surface area (Å²) in [5.74, 6) is 0.608. The molecular formula is C21H18N2O3S. The molecule has 0 radical (unpaired) electrons. The van der Waals surface area contributed by atoms with E-state index in [1.54, 1.807) is 18.2 Å². The Balaban J connectivity index is 1.63. The van der Waals surface area contributed by atoms with Gasteiger partial charge in [0.2, 0.25) is 0 Å². The van der Waals surface area contributed by atoms with Crippen molar-refractivity contribution < 1.29 is 13.2 Å². The molecule has 0 aliphatic heterocycles. The van der Waals surface area contributed by atoms with Gasteiger partial charge in [-0.1, -0.05) is 30.3 Å². The van der Waals surface area contributed by atoms with Gasteiger partial charge in [-0.05, 0) is 54.1 Å². The van der Waals surface area contributed by atoms with E-state index in [1.165, 1.54) is 19.2 Å². The van der Waals surface area contributed by atoms with Crippen LogP contribution in [-0.4, -0.2) is 20.5 Å². The first-order chi connectivity index (χ1) is 13.0. The molecule has 0 aliphatic carbocycles. The quantitative estimate of drug-likeness (QED) is 0.531. The van der Waals surface area contributed by atoms with E-state index in [-0.39, 0.29) is 4.90 Å². The highest BCUT2D eigenvalue weighted by molar-refractivity contribution is 7.92. The molecule has 0 unspecified atom stereocenters. The predicted molar refractivity (Wildman–Crippen MR) is 108 cm³/mol. The molecule has 0 fully saturated rings. The summed E-state index contributed by atoms with van der Waals surface area (Å²) in [5.41, 5.74) is 3.52. The van der Waals surface area contributed by atoms with Crippen molar-refractivity contribution >= 4 is 26.6 Å². The van der Waals surface area contributed by atoms with Gasteiger partial charge in [-0.25, -0.2) is 8.42 Å². The monoisotopic (exact) mass is 378 g/mol. The van der Waals surface area contributed by atoms with Gasteiger partial charge in [0.25, 0.3) is 10.0 Å². The van der Waals surface area contributed by atoms with Crippen LogP contribution in [0.25, 0.3) is 22.2 Å². The minimum atomic E-state index is -3.67. The van der Waals surface area contributed by atoms with Gasteiger partial charge in [0.05, 0.1) is 12.0 Å². The van der Waals surface area contributed by atoms with E-state index in [0.29, 0.717) is 11.4 Å². The average molecular weight is 378 g/mol. The van der Waals surface area contributed by atoms with Crippen LogP contribution in [0.3, 0.4) is 0 Å². The molecule has 4 aromatic rings. The molecule has 136 valence electrons. The highest BCUT2D eigenvalue weighted by Crippen LogP contribution is 2.27. The van der Waals surface area contributed by atoms with Crippen molar-refractivity contribution in [2.75, 3.05) is 11.8 Å². The normalized spacial score (nSPS) is 11.4. The second-order valence-corrected chi connectivity index (χ2v) is 7.81. The number of H-pyrrole nitrogens is 1. The van der Waals surface area contributed by atoms with Crippen LogP contribution >= 0.6 is 0 Å². The third-order valence-electron chi connectivity index (χ3n) is 4.33. The first-order valence-corrected chi connectivity index (χ1v) is 9.88. The van der Waals surface area contributed by atoms with Gasteiger partial charge < -0.3 is 9.72 Å². The van der Waals surface area contributed by atoms with Crippen LogP contribution in [0.5, 0.6) is 5.75 Å². The SMILES string of the molecule is COc1ccc(S(=O)(=O)Nc2ccc3[nH]c(-c4ccccc4)cc3c2)cc1. The van der Waals surface area contributed by atoms with E-state index in [9.17, 15) is 8.42 Å². The fourth-order valence-electron chi connectivity index (χ4n) is 2.94. The molecule has 27 heavy (non-hydrogen) atoms. The molecule has 0 atom stereocenters. The third-order valence-corrected chi connectivity index (χ3v) is 5.72. The van der Waals surface area contributed by atoms with E-state index in [0.717, 1.165) is 22.2 Å². The van der Waals surface area contributed by atoms with E-state index < -0.39 is 10.0 Å². The number of anilines is 1. The van der Waals surface area contributed by atoms with Gasteiger partial charge in [-0.2, -0.15) is 0 Å². The van der Waals surface area contributed by atoms with Gasteiger partial charge in [0, 0.05) is 22.3 Å². The lowest BCUT2D eigenvalue weighted by Crippen LogP contribution is -2.12. The lowest BCUT2D eigenvalue weighted by molar-refractivity contribution is 0.414. The van der Waals surface area contributed by atoms with Crippen LogP contribution < -0.4 is 9.46 Å². The van der Waals surface area contributed by atoms with Gasteiger partial charge in [0.15, 0.2) is 0 Å². The number of fused-ring (bicyclic) bond motifs is 1. The Kier molecular flexibility index (Phi) is 4.33. The molecule has 0 bridgehead atoms. The van der Waals surface area contributed by atoms with Crippen LogP contribution in [0.15, 0.2) is 83.8 Å². The highest BCUT2D eigenvalue weighted by atomic mass is 32.2. The summed E-state index contributed by atoms with van der Waals surface area (Å²) < 4.78 is 32.9. The number of benzene rings is 3. The molecule has 4 rings (SSSR count). The summed E-state index contributed by atoms with van der Waals surface area (Å²) in [7, 11) is -2.13. The average Bonchev–Trinajstić information content (AvgIpc) is 3.12. The molecule has 5 nitrogen and oxygen atoms in total. The Morgan fingerprint density at radius 3 is 2.33 bits per heavy atom. The number of methoxy groups -OCH3 is 1. The maximum absolute atomic E-state index is 12.6. The number of rotatable bonds is 5. The van der Waals surface area contributed by atoms with E-state index in [4.69, 9.17) is 4.74 Å². The summed E-state index contributed by atoms with van der Waals surface area (Å²) in [6.45, 7) is 0. The maximum Gasteiger partial charge on any atom is 0.261 e. The van der Waals surface area contributed by atoms with Crippen LogP contribution in [-0.2, 0) is 10.0 Å². The first kappa shape index (κ1) is 17.2. The molecule has 1 heterocycles. The maximum atomic E-state index is 12.6. The van der Waals surface area contributed by atoms with Crippen molar-refractivity contribution in [3.05, 3.63) is 78.9 Å². The zero-order valence-corrected chi connectivity index (χ0v) is 15.5. The number of hydrogen-bond donors (Lipinski definition) is 2. The second-order valence-electron chi connectivity index (χ2n) is 6.13. The fourth-order valence-corrected chi connectivity index (χ4v) is 3.99. The van der Waals surface area contributed by atoms with E-state index in [2.05, 4.69) is 9.71 Å². The lowest BCUT2D eigenvalue weighted by Gasteiger charge is -2.09. The van der Waals surface area contributed by atoms with Gasteiger partial charge in [-0.3, -0.25) is 4.72 Å². The Morgan fingerprint density at radius 1 is 0.889 bits per heavy atom. The molecule has 0 amide bonds. The van der Waals surface area contributed by atoms with Crippen LogP contribution in [0.1, 0.15) is 0 Å². The number of nitrogens with one attached hydrogen (secondary N) is 2.